The zero-order valence-electron chi connectivity index (χ0n) is 13.5. The standard InChI is InChI=1S/C14H24ClN3O4/c1-7(2)5-9(16)13(19)17-12(14(20)21-8(3)4)10-6-11(15)18-22-10/h7-10,12H,5-6,16H2,1-4H3,(H,17,19)/p+1/t9-,10+,12+/m1/s1. The number of quaternary nitrogens is 1. The van der Waals surface area contributed by atoms with E-state index in [-0.39, 0.29) is 23.6 Å². The molecule has 0 aliphatic carbocycles. The molecule has 22 heavy (non-hydrogen) atoms. The normalized spacial score (nSPS) is 20.4. The number of hydrogen-bond acceptors (Lipinski definition) is 5. The van der Waals surface area contributed by atoms with Gasteiger partial charge < -0.3 is 20.6 Å². The van der Waals surface area contributed by atoms with Crippen LogP contribution in [0.1, 0.15) is 40.5 Å². The first-order valence-corrected chi connectivity index (χ1v) is 7.80. The van der Waals surface area contributed by atoms with Gasteiger partial charge in [-0.2, -0.15) is 0 Å². The molecule has 0 bridgehead atoms. The second-order valence-electron chi connectivity index (χ2n) is 6.11. The second kappa shape index (κ2) is 8.33. The highest BCUT2D eigenvalue weighted by Crippen LogP contribution is 2.18. The summed E-state index contributed by atoms with van der Waals surface area (Å²) in [5.41, 5.74) is 3.83. The maximum Gasteiger partial charge on any atom is 0.332 e. The van der Waals surface area contributed by atoms with Crippen LogP contribution in [0, 0.1) is 5.92 Å². The third-order valence-electron chi connectivity index (χ3n) is 3.06. The molecule has 0 saturated heterocycles. The molecule has 0 aromatic rings. The van der Waals surface area contributed by atoms with E-state index in [2.05, 4.69) is 16.2 Å². The minimum Gasteiger partial charge on any atom is -0.461 e. The number of amides is 1. The number of rotatable bonds is 7. The lowest BCUT2D eigenvalue weighted by atomic mass is 10.0. The predicted molar refractivity (Wildman–Crippen MR) is 82.1 cm³/mol. The Morgan fingerprint density at radius 1 is 1.45 bits per heavy atom. The van der Waals surface area contributed by atoms with E-state index in [9.17, 15) is 9.59 Å². The number of carbonyl (C=O) groups is 2. The summed E-state index contributed by atoms with van der Waals surface area (Å²) >= 11 is 5.78. The minimum absolute atomic E-state index is 0.256. The highest BCUT2D eigenvalue weighted by Gasteiger charge is 2.38. The number of esters is 1. The Morgan fingerprint density at radius 3 is 2.55 bits per heavy atom. The number of nitrogens with zero attached hydrogens (tertiary/aromatic N) is 1. The number of oxime groups is 1. The second-order valence-corrected chi connectivity index (χ2v) is 6.55. The smallest absolute Gasteiger partial charge is 0.332 e. The summed E-state index contributed by atoms with van der Waals surface area (Å²) in [5.74, 6) is -0.549. The van der Waals surface area contributed by atoms with Crippen molar-refractivity contribution in [2.24, 2.45) is 11.1 Å². The Balaban J connectivity index is 2.73. The van der Waals surface area contributed by atoms with Gasteiger partial charge >= 0.3 is 5.97 Å². The van der Waals surface area contributed by atoms with Crippen LogP contribution < -0.4 is 11.1 Å². The number of ether oxygens (including phenoxy) is 1. The highest BCUT2D eigenvalue weighted by molar-refractivity contribution is 6.65. The van der Waals surface area contributed by atoms with Crippen molar-refractivity contribution in [3.8, 4) is 0 Å². The first kappa shape index (κ1) is 18.7. The fourth-order valence-corrected chi connectivity index (χ4v) is 2.29. The van der Waals surface area contributed by atoms with Crippen LogP contribution in [0.15, 0.2) is 5.16 Å². The van der Waals surface area contributed by atoms with Gasteiger partial charge in [0.15, 0.2) is 18.2 Å². The zero-order chi connectivity index (χ0) is 16.9. The Labute approximate surface area is 135 Å². The van der Waals surface area contributed by atoms with Gasteiger partial charge in [-0.1, -0.05) is 30.6 Å². The molecule has 1 heterocycles. The Morgan fingerprint density at radius 2 is 2.09 bits per heavy atom. The molecule has 1 rings (SSSR count). The first-order chi connectivity index (χ1) is 10.2. The van der Waals surface area contributed by atoms with Gasteiger partial charge in [0.1, 0.15) is 5.17 Å². The molecular weight excluding hydrogens is 310 g/mol. The molecule has 0 saturated carbocycles. The fourth-order valence-electron chi connectivity index (χ4n) is 2.10. The van der Waals surface area contributed by atoms with Gasteiger partial charge in [0.05, 0.1) is 6.10 Å². The molecule has 0 spiro atoms. The molecule has 0 aromatic heterocycles. The van der Waals surface area contributed by atoms with Crippen molar-refractivity contribution in [3.05, 3.63) is 0 Å². The number of carbonyl (C=O) groups excluding carboxylic acids is 2. The van der Waals surface area contributed by atoms with Crippen molar-refractivity contribution < 1.29 is 24.9 Å². The van der Waals surface area contributed by atoms with Crippen molar-refractivity contribution in [3.63, 3.8) is 0 Å². The van der Waals surface area contributed by atoms with Gasteiger partial charge in [0.2, 0.25) is 0 Å². The molecule has 1 aliphatic heterocycles. The monoisotopic (exact) mass is 334 g/mol. The summed E-state index contributed by atoms with van der Waals surface area (Å²) in [6.45, 7) is 7.48. The van der Waals surface area contributed by atoms with Gasteiger partial charge in [0.25, 0.3) is 5.91 Å². The van der Waals surface area contributed by atoms with E-state index in [4.69, 9.17) is 21.2 Å². The van der Waals surface area contributed by atoms with Crippen LogP contribution in [0.4, 0.5) is 0 Å². The van der Waals surface area contributed by atoms with Crippen molar-refractivity contribution >= 4 is 28.6 Å². The molecule has 7 nitrogen and oxygen atoms in total. The molecule has 1 aliphatic rings. The van der Waals surface area contributed by atoms with Crippen LogP contribution in [0.5, 0.6) is 0 Å². The van der Waals surface area contributed by atoms with Crippen LogP contribution in [0.3, 0.4) is 0 Å². The highest BCUT2D eigenvalue weighted by atomic mass is 35.5. The maximum atomic E-state index is 12.2. The Bertz CT molecular complexity index is 440. The molecule has 0 aromatic carbocycles. The summed E-state index contributed by atoms with van der Waals surface area (Å²) in [4.78, 5) is 29.5. The van der Waals surface area contributed by atoms with Gasteiger partial charge in [-0.25, -0.2) is 4.79 Å². The SMILES string of the molecule is CC(C)C[C@@H]([NH3+])C(=O)N[C@H](C(=O)OC(C)C)[C@@H]1CC(Cl)=NO1. The Hall–Kier alpha value is -1.34. The van der Waals surface area contributed by atoms with Gasteiger partial charge in [-0.05, 0) is 19.8 Å². The number of hydrogen-bond donors (Lipinski definition) is 2. The third kappa shape index (κ3) is 5.81. The summed E-state index contributed by atoms with van der Waals surface area (Å²) in [6.07, 6.45) is -0.0726. The van der Waals surface area contributed by atoms with Crippen molar-refractivity contribution in [1.29, 1.82) is 0 Å². The predicted octanol–water partition coefficient (Wildman–Crippen LogP) is 0.421. The molecule has 4 N–H and O–H groups in total. The van der Waals surface area contributed by atoms with Gasteiger partial charge in [-0.15, -0.1) is 0 Å². The lowest BCUT2D eigenvalue weighted by Gasteiger charge is -2.23. The molecule has 0 fully saturated rings. The Kier molecular flexibility index (Phi) is 7.09. The van der Waals surface area contributed by atoms with E-state index in [1.807, 2.05) is 13.8 Å². The van der Waals surface area contributed by atoms with Crippen LogP contribution >= 0.6 is 11.6 Å². The van der Waals surface area contributed by atoms with Crippen LogP contribution in [-0.4, -0.2) is 41.3 Å². The minimum atomic E-state index is -0.952. The summed E-state index contributed by atoms with van der Waals surface area (Å²) in [5, 5.41) is 6.52. The topological polar surface area (TPSA) is 105 Å². The first-order valence-electron chi connectivity index (χ1n) is 7.42. The lowest BCUT2D eigenvalue weighted by Crippen LogP contribution is -2.69. The van der Waals surface area contributed by atoms with Crippen molar-refractivity contribution in [2.75, 3.05) is 0 Å². The molecule has 126 valence electrons. The molecule has 3 atom stereocenters. The maximum absolute atomic E-state index is 12.2. The fraction of sp³-hybridized carbons (Fsp3) is 0.786. The van der Waals surface area contributed by atoms with Crippen molar-refractivity contribution in [1.82, 2.24) is 5.32 Å². The molecule has 0 unspecified atom stereocenters. The molecular formula is C14H25ClN3O4+. The quantitative estimate of drug-likeness (QED) is 0.658. The van der Waals surface area contributed by atoms with E-state index < -0.39 is 24.2 Å². The van der Waals surface area contributed by atoms with E-state index in [0.29, 0.717) is 12.3 Å². The van der Waals surface area contributed by atoms with E-state index in [1.54, 1.807) is 13.8 Å². The van der Waals surface area contributed by atoms with E-state index in [0.717, 1.165) is 0 Å². The lowest BCUT2D eigenvalue weighted by molar-refractivity contribution is -0.406. The number of nitrogens with one attached hydrogen (secondary N) is 1. The largest absolute Gasteiger partial charge is 0.461 e. The van der Waals surface area contributed by atoms with Gasteiger partial charge in [0, 0.05) is 12.8 Å². The molecule has 8 heteroatoms. The van der Waals surface area contributed by atoms with Gasteiger partial charge in [-0.3, -0.25) is 4.79 Å². The van der Waals surface area contributed by atoms with Crippen LogP contribution in [0.2, 0.25) is 0 Å². The summed E-state index contributed by atoms with van der Waals surface area (Å²) < 4.78 is 5.17. The van der Waals surface area contributed by atoms with E-state index in [1.165, 1.54) is 0 Å². The summed E-state index contributed by atoms with van der Waals surface area (Å²) in [7, 11) is 0. The van der Waals surface area contributed by atoms with E-state index >= 15 is 0 Å². The molecule has 1 amide bonds. The van der Waals surface area contributed by atoms with Crippen molar-refractivity contribution in [2.45, 2.75) is 64.8 Å². The number of halogens is 1. The van der Waals surface area contributed by atoms with Crippen LogP contribution in [-0.2, 0) is 19.2 Å². The summed E-state index contributed by atoms with van der Waals surface area (Å²) in [6, 6.07) is -1.40. The third-order valence-corrected chi connectivity index (χ3v) is 3.28. The average Bonchev–Trinajstić information content (AvgIpc) is 2.80. The average molecular weight is 335 g/mol. The zero-order valence-corrected chi connectivity index (χ0v) is 14.2. The molecule has 0 radical (unpaired) electrons. The van der Waals surface area contributed by atoms with Crippen LogP contribution in [0.25, 0.3) is 0 Å².